The molecule has 3 aliphatic rings. The quantitative estimate of drug-likeness (QED) is 0.916. The van der Waals surface area contributed by atoms with Gasteiger partial charge in [0.1, 0.15) is 0 Å². The van der Waals surface area contributed by atoms with Crippen LogP contribution in [-0.4, -0.2) is 54.6 Å². The Labute approximate surface area is 128 Å². The van der Waals surface area contributed by atoms with Gasteiger partial charge in [-0.2, -0.15) is 0 Å². The number of piperidine rings is 1. The summed E-state index contributed by atoms with van der Waals surface area (Å²) < 4.78 is 0. The predicted octanol–water partition coefficient (Wildman–Crippen LogP) is 1.94. The van der Waals surface area contributed by atoms with Crippen LogP contribution in [0.5, 0.6) is 0 Å². The molecular formula is C18H27N3. The van der Waals surface area contributed by atoms with Gasteiger partial charge < -0.3 is 5.32 Å². The number of hydrogen-bond acceptors (Lipinski definition) is 3. The largest absolute Gasteiger partial charge is 0.315 e. The van der Waals surface area contributed by atoms with Gasteiger partial charge in [-0.1, -0.05) is 30.3 Å². The highest BCUT2D eigenvalue weighted by molar-refractivity contribution is 5.14. The van der Waals surface area contributed by atoms with Crippen molar-refractivity contribution in [3.8, 4) is 0 Å². The molecule has 3 saturated heterocycles. The summed E-state index contributed by atoms with van der Waals surface area (Å²) in [5, 5.41) is 3.61. The highest BCUT2D eigenvalue weighted by Gasteiger charge is 2.39. The molecule has 3 nitrogen and oxygen atoms in total. The van der Waals surface area contributed by atoms with Crippen LogP contribution in [0.25, 0.3) is 0 Å². The zero-order chi connectivity index (χ0) is 14.1. The number of fused-ring (bicyclic) bond motifs is 1. The van der Waals surface area contributed by atoms with Crippen molar-refractivity contribution >= 4 is 0 Å². The molecule has 3 heterocycles. The van der Waals surface area contributed by atoms with E-state index in [1.54, 1.807) is 0 Å². The Hall–Kier alpha value is -0.900. The molecule has 1 N–H and O–H groups in total. The van der Waals surface area contributed by atoms with Crippen LogP contribution >= 0.6 is 0 Å². The molecule has 0 radical (unpaired) electrons. The van der Waals surface area contributed by atoms with Gasteiger partial charge in [-0.3, -0.25) is 9.80 Å². The second-order valence-electron chi connectivity index (χ2n) is 7.03. The predicted molar refractivity (Wildman–Crippen MR) is 86.2 cm³/mol. The molecule has 114 valence electrons. The number of rotatable bonds is 3. The molecule has 3 fully saturated rings. The van der Waals surface area contributed by atoms with Gasteiger partial charge in [-0.15, -0.1) is 0 Å². The van der Waals surface area contributed by atoms with E-state index in [9.17, 15) is 0 Å². The first-order chi connectivity index (χ1) is 10.4. The van der Waals surface area contributed by atoms with Crippen molar-refractivity contribution in [2.24, 2.45) is 5.92 Å². The van der Waals surface area contributed by atoms with Gasteiger partial charge in [-0.25, -0.2) is 0 Å². The maximum atomic E-state index is 3.61. The van der Waals surface area contributed by atoms with E-state index in [-0.39, 0.29) is 0 Å². The second-order valence-corrected chi connectivity index (χ2v) is 7.03. The smallest absolute Gasteiger partial charge is 0.0264 e. The lowest BCUT2D eigenvalue weighted by Crippen LogP contribution is -2.51. The van der Waals surface area contributed by atoms with Crippen molar-refractivity contribution < 1.29 is 0 Å². The van der Waals surface area contributed by atoms with Gasteiger partial charge in [0.2, 0.25) is 0 Å². The van der Waals surface area contributed by atoms with E-state index >= 15 is 0 Å². The van der Waals surface area contributed by atoms with Crippen molar-refractivity contribution in [1.82, 2.24) is 15.1 Å². The summed E-state index contributed by atoms with van der Waals surface area (Å²) in [6, 6.07) is 12.5. The minimum Gasteiger partial charge on any atom is -0.315 e. The van der Waals surface area contributed by atoms with Crippen molar-refractivity contribution in [3.05, 3.63) is 35.9 Å². The third-order valence-corrected chi connectivity index (χ3v) is 5.69. The lowest BCUT2D eigenvalue weighted by molar-refractivity contribution is 0.0793. The Morgan fingerprint density at radius 1 is 1.05 bits per heavy atom. The average molecular weight is 285 g/mol. The molecule has 0 aromatic heterocycles. The normalized spacial score (nSPS) is 34.2. The lowest BCUT2D eigenvalue weighted by atomic mass is 9.90. The summed E-state index contributed by atoms with van der Waals surface area (Å²) in [6.45, 7) is 7.45. The molecule has 0 amide bonds. The van der Waals surface area contributed by atoms with Crippen LogP contribution in [0.4, 0.5) is 0 Å². The fourth-order valence-electron chi connectivity index (χ4n) is 4.63. The molecule has 0 aliphatic carbocycles. The standard InChI is InChI=1S/C18H27N3/c1-2-5-15(6-3-1)13-20-10-8-17(14-20)21-9-4-7-16-11-19-12-18(16)21/h1-3,5-6,16-19H,4,7-14H2. The molecule has 1 aromatic rings. The molecule has 3 heteroatoms. The zero-order valence-electron chi connectivity index (χ0n) is 12.9. The van der Waals surface area contributed by atoms with Crippen LogP contribution in [0.2, 0.25) is 0 Å². The number of nitrogens with zero attached hydrogens (tertiary/aromatic N) is 2. The van der Waals surface area contributed by atoms with E-state index in [4.69, 9.17) is 0 Å². The molecule has 0 bridgehead atoms. The molecule has 21 heavy (non-hydrogen) atoms. The molecule has 4 rings (SSSR count). The van der Waals surface area contributed by atoms with Crippen molar-refractivity contribution in [2.75, 3.05) is 32.7 Å². The summed E-state index contributed by atoms with van der Waals surface area (Å²) in [5.41, 5.74) is 1.46. The van der Waals surface area contributed by atoms with Crippen LogP contribution in [0.15, 0.2) is 30.3 Å². The van der Waals surface area contributed by atoms with Gasteiger partial charge >= 0.3 is 0 Å². The first-order valence-electron chi connectivity index (χ1n) is 8.63. The number of likely N-dealkylation sites (tertiary alicyclic amines) is 2. The minimum absolute atomic E-state index is 0.793. The molecule has 3 atom stereocenters. The topological polar surface area (TPSA) is 18.5 Å². The van der Waals surface area contributed by atoms with Crippen molar-refractivity contribution in [1.29, 1.82) is 0 Å². The van der Waals surface area contributed by atoms with Crippen LogP contribution < -0.4 is 5.32 Å². The molecule has 1 aromatic carbocycles. The Morgan fingerprint density at radius 2 is 1.95 bits per heavy atom. The monoisotopic (exact) mass is 285 g/mol. The number of benzene rings is 1. The Morgan fingerprint density at radius 3 is 2.86 bits per heavy atom. The van der Waals surface area contributed by atoms with E-state index in [0.717, 1.165) is 24.5 Å². The summed E-state index contributed by atoms with van der Waals surface area (Å²) in [5.74, 6) is 0.918. The fraction of sp³-hybridized carbons (Fsp3) is 0.667. The first-order valence-corrected chi connectivity index (χ1v) is 8.63. The Balaban J connectivity index is 1.37. The van der Waals surface area contributed by atoms with Gasteiger partial charge in [0.25, 0.3) is 0 Å². The summed E-state index contributed by atoms with van der Waals surface area (Å²) in [7, 11) is 0. The van der Waals surface area contributed by atoms with E-state index in [0.29, 0.717) is 0 Å². The molecule has 3 unspecified atom stereocenters. The maximum absolute atomic E-state index is 3.61. The molecular weight excluding hydrogens is 258 g/mol. The third kappa shape index (κ3) is 2.87. The fourth-order valence-corrected chi connectivity index (χ4v) is 4.63. The van der Waals surface area contributed by atoms with E-state index in [1.807, 2.05) is 0 Å². The van der Waals surface area contributed by atoms with Crippen LogP contribution in [0, 0.1) is 5.92 Å². The molecule has 0 saturated carbocycles. The SMILES string of the molecule is c1ccc(CN2CCC(N3CCCC4CNCC43)C2)cc1. The molecule has 0 spiro atoms. The lowest BCUT2D eigenvalue weighted by Gasteiger charge is -2.41. The highest BCUT2D eigenvalue weighted by atomic mass is 15.3. The minimum atomic E-state index is 0.793. The van der Waals surface area contributed by atoms with Gasteiger partial charge in [-0.05, 0) is 43.8 Å². The van der Waals surface area contributed by atoms with Crippen LogP contribution in [0.1, 0.15) is 24.8 Å². The van der Waals surface area contributed by atoms with Crippen LogP contribution in [0.3, 0.4) is 0 Å². The molecule has 3 aliphatic heterocycles. The third-order valence-electron chi connectivity index (χ3n) is 5.69. The number of nitrogens with one attached hydrogen (secondary N) is 1. The van der Waals surface area contributed by atoms with E-state index in [2.05, 4.69) is 45.4 Å². The summed E-state index contributed by atoms with van der Waals surface area (Å²) >= 11 is 0. The Bertz CT molecular complexity index is 461. The highest BCUT2D eigenvalue weighted by Crippen LogP contribution is 2.31. The van der Waals surface area contributed by atoms with E-state index < -0.39 is 0 Å². The van der Waals surface area contributed by atoms with E-state index in [1.165, 1.54) is 57.5 Å². The average Bonchev–Trinajstić information content (AvgIpc) is 3.16. The number of hydrogen-bond donors (Lipinski definition) is 1. The zero-order valence-corrected chi connectivity index (χ0v) is 12.9. The Kier molecular flexibility index (Phi) is 3.97. The summed E-state index contributed by atoms with van der Waals surface area (Å²) in [4.78, 5) is 5.49. The second kappa shape index (κ2) is 6.07. The maximum Gasteiger partial charge on any atom is 0.0264 e. The summed E-state index contributed by atoms with van der Waals surface area (Å²) in [6.07, 6.45) is 4.20. The first kappa shape index (κ1) is 13.7. The van der Waals surface area contributed by atoms with Gasteiger partial charge in [0.15, 0.2) is 0 Å². The van der Waals surface area contributed by atoms with Gasteiger partial charge in [0, 0.05) is 38.3 Å². The van der Waals surface area contributed by atoms with Crippen molar-refractivity contribution in [2.45, 2.75) is 37.9 Å². The van der Waals surface area contributed by atoms with Gasteiger partial charge in [0.05, 0.1) is 0 Å². The van der Waals surface area contributed by atoms with Crippen molar-refractivity contribution in [3.63, 3.8) is 0 Å². The van der Waals surface area contributed by atoms with Crippen LogP contribution in [-0.2, 0) is 6.54 Å².